The summed E-state index contributed by atoms with van der Waals surface area (Å²) in [5.41, 5.74) is 1.95. The van der Waals surface area contributed by atoms with E-state index in [9.17, 15) is 8.42 Å². The van der Waals surface area contributed by atoms with Gasteiger partial charge in [0.15, 0.2) is 0 Å². The lowest BCUT2D eigenvalue weighted by atomic mass is 10.3. The van der Waals surface area contributed by atoms with Gasteiger partial charge in [0.05, 0.1) is 23.0 Å². The van der Waals surface area contributed by atoms with Crippen LogP contribution >= 0.6 is 0 Å². The van der Waals surface area contributed by atoms with Crippen LogP contribution in [0.15, 0.2) is 78.0 Å². The minimum atomic E-state index is -3.91. The number of nitrogens with one attached hydrogen (secondary N) is 1. The molecule has 0 aliphatic rings. The second kappa shape index (κ2) is 8.34. The molecule has 2 heterocycles. The normalized spacial score (nSPS) is 11.2. The number of aromatic nitrogens is 3. The predicted octanol–water partition coefficient (Wildman–Crippen LogP) is 3.41. The van der Waals surface area contributed by atoms with E-state index in [4.69, 9.17) is 9.47 Å². The summed E-state index contributed by atoms with van der Waals surface area (Å²) in [7, 11) is -2.40. The number of anilines is 1. The Morgan fingerprint density at radius 2 is 1.67 bits per heavy atom. The van der Waals surface area contributed by atoms with E-state index in [2.05, 4.69) is 19.7 Å². The molecule has 0 atom stereocenters. The Balaban J connectivity index is 1.68. The molecule has 0 aliphatic carbocycles. The van der Waals surface area contributed by atoms with E-state index in [1.165, 1.54) is 19.2 Å². The summed E-state index contributed by atoms with van der Waals surface area (Å²) in [5, 5.41) is 0. The summed E-state index contributed by atoms with van der Waals surface area (Å²) in [6.45, 7) is 0.165. The van der Waals surface area contributed by atoms with E-state index in [0.29, 0.717) is 16.8 Å². The van der Waals surface area contributed by atoms with E-state index >= 15 is 0 Å². The summed E-state index contributed by atoms with van der Waals surface area (Å²) < 4.78 is 39.1. The Morgan fingerprint density at radius 3 is 2.33 bits per heavy atom. The molecule has 0 spiro atoms. The van der Waals surface area contributed by atoms with Crippen LogP contribution in [0.3, 0.4) is 0 Å². The zero-order valence-corrected chi connectivity index (χ0v) is 16.8. The molecule has 8 nitrogen and oxygen atoms in total. The van der Waals surface area contributed by atoms with Crippen LogP contribution in [-0.4, -0.2) is 30.5 Å². The van der Waals surface area contributed by atoms with Crippen LogP contribution in [0.5, 0.6) is 11.6 Å². The summed E-state index contributed by atoms with van der Waals surface area (Å²) in [5.74, 6) is 0.642. The van der Waals surface area contributed by atoms with Crippen molar-refractivity contribution in [1.29, 1.82) is 0 Å². The van der Waals surface area contributed by atoms with E-state index < -0.39 is 10.0 Å². The third-order valence-electron chi connectivity index (χ3n) is 4.24. The fourth-order valence-electron chi connectivity index (χ4n) is 2.73. The minimum Gasteiger partial charge on any atom is -0.497 e. The third kappa shape index (κ3) is 4.31. The Hall–Kier alpha value is -3.72. The van der Waals surface area contributed by atoms with Crippen LogP contribution in [0.2, 0.25) is 0 Å². The van der Waals surface area contributed by atoms with Crippen molar-refractivity contribution in [2.75, 3.05) is 11.8 Å². The maximum atomic E-state index is 12.9. The van der Waals surface area contributed by atoms with Crippen molar-refractivity contribution >= 4 is 26.9 Å². The van der Waals surface area contributed by atoms with Crippen LogP contribution in [0, 0.1) is 0 Å². The molecule has 0 aliphatic heterocycles. The molecule has 0 amide bonds. The van der Waals surface area contributed by atoms with Gasteiger partial charge in [0.25, 0.3) is 15.9 Å². The molecule has 0 saturated heterocycles. The lowest BCUT2D eigenvalue weighted by molar-refractivity contribution is 0.295. The number of methoxy groups -OCH3 is 1. The number of fused-ring (bicyclic) bond motifs is 1. The van der Waals surface area contributed by atoms with E-state index in [1.54, 1.807) is 48.8 Å². The van der Waals surface area contributed by atoms with Gasteiger partial charge in [-0.05, 0) is 42.5 Å². The monoisotopic (exact) mass is 422 g/mol. The SMILES string of the molecule is COc1ccc(S(=O)(=O)Nc2nc3ccccc3nc2OCc2cccnc2)cc1. The summed E-state index contributed by atoms with van der Waals surface area (Å²) in [6.07, 6.45) is 3.32. The highest BCUT2D eigenvalue weighted by molar-refractivity contribution is 7.92. The first-order valence-corrected chi connectivity index (χ1v) is 10.5. The number of ether oxygens (including phenoxy) is 2. The van der Waals surface area contributed by atoms with Gasteiger partial charge in [0, 0.05) is 18.0 Å². The second-order valence-corrected chi connectivity index (χ2v) is 7.98. The summed E-state index contributed by atoms with van der Waals surface area (Å²) in [6, 6.07) is 16.8. The Labute approximate surface area is 173 Å². The molecule has 4 aromatic rings. The molecular weight excluding hydrogens is 404 g/mol. The van der Waals surface area contributed by atoms with Gasteiger partial charge >= 0.3 is 0 Å². The maximum absolute atomic E-state index is 12.9. The number of rotatable bonds is 7. The van der Waals surface area contributed by atoms with Crippen LogP contribution in [-0.2, 0) is 16.6 Å². The van der Waals surface area contributed by atoms with Crippen molar-refractivity contribution in [1.82, 2.24) is 15.0 Å². The quantitative estimate of drug-likeness (QED) is 0.487. The first-order chi connectivity index (χ1) is 14.5. The molecule has 0 fully saturated rings. The largest absolute Gasteiger partial charge is 0.497 e. The van der Waals surface area contributed by atoms with Gasteiger partial charge in [-0.3, -0.25) is 9.71 Å². The van der Waals surface area contributed by atoms with Crippen molar-refractivity contribution in [2.24, 2.45) is 0 Å². The molecule has 0 radical (unpaired) electrons. The van der Waals surface area contributed by atoms with Gasteiger partial charge in [-0.15, -0.1) is 0 Å². The first-order valence-electron chi connectivity index (χ1n) is 9.00. The van der Waals surface area contributed by atoms with Crippen LogP contribution in [0.25, 0.3) is 11.0 Å². The van der Waals surface area contributed by atoms with Crippen molar-refractivity contribution in [3.05, 3.63) is 78.6 Å². The van der Waals surface area contributed by atoms with Crippen molar-refractivity contribution in [3.63, 3.8) is 0 Å². The topological polar surface area (TPSA) is 103 Å². The van der Waals surface area contributed by atoms with Crippen LogP contribution in [0.1, 0.15) is 5.56 Å². The number of sulfonamides is 1. The number of para-hydroxylation sites is 2. The summed E-state index contributed by atoms with van der Waals surface area (Å²) in [4.78, 5) is 13.0. The fourth-order valence-corrected chi connectivity index (χ4v) is 3.73. The Morgan fingerprint density at radius 1 is 0.933 bits per heavy atom. The van der Waals surface area contributed by atoms with Gasteiger partial charge in [0.2, 0.25) is 5.82 Å². The summed E-state index contributed by atoms with van der Waals surface area (Å²) >= 11 is 0. The Bertz CT molecular complexity index is 1260. The van der Waals surface area contributed by atoms with Gasteiger partial charge < -0.3 is 9.47 Å². The average molecular weight is 422 g/mol. The van der Waals surface area contributed by atoms with Crippen molar-refractivity contribution < 1.29 is 17.9 Å². The van der Waals surface area contributed by atoms with Crippen LogP contribution in [0.4, 0.5) is 5.82 Å². The number of benzene rings is 2. The zero-order valence-electron chi connectivity index (χ0n) is 16.0. The molecule has 4 rings (SSSR count). The highest BCUT2D eigenvalue weighted by Crippen LogP contribution is 2.27. The molecular formula is C21H18N4O4S. The number of hydrogen-bond acceptors (Lipinski definition) is 7. The average Bonchev–Trinajstić information content (AvgIpc) is 2.78. The number of pyridine rings is 1. The number of hydrogen-bond donors (Lipinski definition) is 1. The first kappa shape index (κ1) is 19.6. The maximum Gasteiger partial charge on any atom is 0.263 e. The van der Waals surface area contributed by atoms with Crippen LogP contribution < -0.4 is 14.2 Å². The zero-order chi connectivity index (χ0) is 21.0. The molecule has 2 aromatic carbocycles. The molecule has 1 N–H and O–H groups in total. The lowest BCUT2D eigenvalue weighted by Crippen LogP contribution is -2.15. The fraction of sp³-hybridized carbons (Fsp3) is 0.0952. The van der Waals surface area contributed by atoms with E-state index in [0.717, 1.165) is 5.56 Å². The van der Waals surface area contributed by atoms with Gasteiger partial charge in [-0.1, -0.05) is 18.2 Å². The molecule has 30 heavy (non-hydrogen) atoms. The predicted molar refractivity (Wildman–Crippen MR) is 112 cm³/mol. The van der Waals surface area contributed by atoms with Gasteiger partial charge in [-0.2, -0.15) is 0 Å². The van der Waals surface area contributed by atoms with Gasteiger partial charge in [0.1, 0.15) is 12.4 Å². The third-order valence-corrected chi connectivity index (χ3v) is 5.59. The minimum absolute atomic E-state index is 0.00779. The number of nitrogens with zero attached hydrogens (tertiary/aromatic N) is 3. The smallest absolute Gasteiger partial charge is 0.263 e. The standard InChI is InChI=1S/C21H18N4O4S/c1-28-16-8-10-17(11-9-16)30(26,27)25-20-21(29-14-15-5-4-12-22-13-15)24-19-7-3-2-6-18(19)23-20/h2-13H,14H2,1H3,(H,23,25). The lowest BCUT2D eigenvalue weighted by Gasteiger charge is -2.13. The van der Waals surface area contributed by atoms with E-state index in [1.807, 2.05) is 12.1 Å². The van der Waals surface area contributed by atoms with E-state index in [-0.39, 0.29) is 23.2 Å². The molecule has 152 valence electrons. The molecule has 9 heteroatoms. The van der Waals surface area contributed by atoms with Crippen molar-refractivity contribution in [2.45, 2.75) is 11.5 Å². The molecule has 0 unspecified atom stereocenters. The highest BCUT2D eigenvalue weighted by Gasteiger charge is 2.20. The molecule has 0 bridgehead atoms. The highest BCUT2D eigenvalue weighted by atomic mass is 32.2. The molecule has 2 aromatic heterocycles. The van der Waals surface area contributed by atoms with Crippen molar-refractivity contribution in [3.8, 4) is 11.6 Å². The van der Waals surface area contributed by atoms with Gasteiger partial charge in [-0.25, -0.2) is 18.4 Å². The second-order valence-electron chi connectivity index (χ2n) is 6.30. The molecule has 0 saturated carbocycles. The Kier molecular flexibility index (Phi) is 5.44.